The Bertz CT molecular complexity index is 1850. The minimum Gasteiger partial charge on any atom is -0.491 e. The smallest absolute Gasteiger partial charge is 0.410 e. The van der Waals surface area contributed by atoms with Gasteiger partial charge in [-0.05, 0) is 77.5 Å². The Balaban J connectivity index is 1.41. The summed E-state index contributed by atoms with van der Waals surface area (Å²) in [4.78, 5) is 71.6. The Morgan fingerprint density at radius 3 is 2.44 bits per heavy atom. The van der Waals surface area contributed by atoms with E-state index in [9.17, 15) is 36.8 Å². The Morgan fingerprint density at radius 1 is 1.15 bits per heavy atom. The molecule has 15 heteroatoms. The highest BCUT2D eigenvalue weighted by atomic mass is 32.2. The Morgan fingerprint density at radius 2 is 1.85 bits per heavy atom. The zero-order chi connectivity index (χ0) is 39.7. The third-order valence-corrected chi connectivity index (χ3v) is 12.1. The normalized spacial score (nSPS) is 24.7. The van der Waals surface area contributed by atoms with Gasteiger partial charge >= 0.3 is 12.1 Å². The fourth-order valence-electron chi connectivity index (χ4n) is 7.24. The maximum absolute atomic E-state index is 14.6. The van der Waals surface area contributed by atoms with E-state index in [1.807, 2.05) is 0 Å². The lowest BCUT2D eigenvalue weighted by Crippen LogP contribution is -2.48. The average Bonchev–Trinajstić information content (AvgIpc) is 3.97. The summed E-state index contributed by atoms with van der Waals surface area (Å²) in [6, 6.07) is 3.36. The summed E-state index contributed by atoms with van der Waals surface area (Å²) in [5, 5.41) is -0.663. The van der Waals surface area contributed by atoms with Gasteiger partial charge in [-0.25, -0.2) is 17.6 Å². The number of hydrogen-bond donors (Lipinski definition) is 1. The van der Waals surface area contributed by atoms with Crippen LogP contribution in [0.15, 0.2) is 55.3 Å². The van der Waals surface area contributed by atoms with Crippen LogP contribution in [0.25, 0.3) is 0 Å². The third kappa shape index (κ3) is 9.22. The van der Waals surface area contributed by atoms with Gasteiger partial charge in [0.2, 0.25) is 21.8 Å². The number of Topliss-reactive ketones (excluding diaryl/α,β-unsaturated/α-hetero) is 1. The van der Waals surface area contributed by atoms with E-state index in [2.05, 4.69) is 17.9 Å². The summed E-state index contributed by atoms with van der Waals surface area (Å²) < 4.78 is 59.3. The van der Waals surface area contributed by atoms with Gasteiger partial charge in [0.05, 0.1) is 42.1 Å². The van der Waals surface area contributed by atoms with E-state index in [1.54, 1.807) is 58.9 Å². The highest BCUT2D eigenvalue weighted by molar-refractivity contribution is 7.90. The van der Waals surface area contributed by atoms with Crippen molar-refractivity contribution >= 4 is 39.7 Å². The van der Waals surface area contributed by atoms with Crippen molar-refractivity contribution in [2.24, 2.45) is 17.3 Å². The molecule has 2 heterocycles. The summed E-state index contributed by atoms with van der Waals surface area (Å²) in [5.41, 5.74) is -1.25. The first-order chi connectivity index (χ1) is 25.3. The predicted octanol–water partition coefficient (Wildman–Crippen LogP) is 4.85. The van der Waals surface area contributed by atoms with Crippen LogP contribution in [0, 0.1) is 23.1 Å². The number of ketones is 1. The van der Waals surface area contributed by atoms with Crippen molar-refractivity contribution in [2.45, 2.75) is 115 Å². The van der Waals surface area contributed by atoms with Gasteiger partial charge in [0, 0.05) is 24.9 Å². The van der Waals surface area contributed by atoms with Gasteiger partial charge in [-0.1, -0.05) is 30.9 Å². The number of benzene rings is 1. The minimum atomic E-state index is -3.92. The minimum absolute atomic E-state index is 0.0220. The Hall–Kier alpha value is -4.53. The fourth-order valence-corrected chi connectivity index (χ4v) is 8.63. The lowest BCUT2D eigenvalue weighted by atomic mass is 9.90. The summed E-state index contributed by atoms with van der Waals surface area (Å²) in [6.07, 6.45) is 2.19. The number of carbonyl (C=O) groups is 5. The number of carbonyl (C=O) groups excluding carboxylic acids is 5. The molecule has 1 N–H and O–H groups in total. The number of hydrogen-bond acceptors (Lipinski definition) is 10. The molecule has 3 fully saturated rings. The van der Waals surface area contributed by atoms with E-state index in [1.165, 1.54) is 21.9 Å². The number of allylic oxidation sites excluding steroid dienone is 3. The van der Waals surface area contributed by atoms with Crippen LogP contribution < -0.4 is 4.72 Å². The fraction of sp³-hybridized carbons (Fsp3) is 0.564. The van der Waals surface area contributed by atoms with Crippen molar-refractivity contribution < 1.29 is 51.0 Å². The quantitative estimate of drug-likeness (QED) is 0.113. The molecule has 294 valence electrons. The zero-order valence-corrected chi connectivity index (χ0v) is 32.3. The van der Waals surface area contributed by atoms with Crippen molar-refractivity contribution in [1.29, 1.82) is 0 Å². The predicted molar refractivity (Wildman–Crippen MR) is 195 cm³/mol. The molecule has 2 aliphatic heterocycles. The first-order valence-electron chi connectivity index (χ1n) is 18.2. The first kappa shape index (κ1) is 40.7. The molecule has 1 aromatic carbocycles. The van der Waals surface area contributed by atoms with Crippen LogP contribution in [0.5, 0.6) is 0 Å². The molecule has 1 unspecified atom stereocenters. The van der Waals surface area contributed by atoms with Crippen LogP contribution in [0.2, 0.25) is 0 Å². The van der Waals surface area contributed by atoms with Gasteiger partial charge in [0.15, 0.2) is 5.78 Å². The number of sulfonamides is 1. The molecule has 6 atom stereocenters. The molecule has 1 aromatic rings. The maximum atomic E-state index is 14.6. The molecule has 2 saturated carbocycles. The van der Waals surface area contributed by atoms with Gasteiger partial charge in [0.25, 0.3) is 0 Å². The van der Waals surface area contributed by atoms with Crippen LogP contribution in [-0.4, -0.2) is 83.5 Å². The number of rotatable bonds is 15. The van der Waals surface area contributed by atoms with Crippen LogP contribution in [0.4, 0.5) is 9.18 Å². The van der Waals surface area contributed by atoms with Crippen LogP contribution in [0.1, 0.15) is 84.3 Å². The molecule has 0 bridgehead atoms. The summed E-state index contributed by atoms with van der Waals surface area (Å²) >= 11 is 0. The van der Waals surface area contributed by atoms with Gasteiger partial charge in [-0.3, -0.25) is 28.8 Å². The molecule has 54 heavy (non-hydrogen) atoms. The highest BCUT2D eigenvalue weighted by Gasteiger charge is 2.61. The van der Waals surface area contributed by atoms with Crippen molar-refractivity contribution in [3.63, 3.8) is 0 Å². The van der Waals surface area contributed by atoms with E-state index >= 15 is 0 Å². The van der Waals surface area contributed by atoms with Crippen LogP contribution in [-0.2, 0) is 56.5 Å². The average molecular weight is 772 g/mol. The molecule has 5 rings (SSSR count). The largest absolute Gasteiger partial charge is 0.491 e. The SMILES string of the molecule is C=C[C@@H]1C[C@]1(CC(=O)[C@@H]1CC(OC(=O)N2Cc3cccc(F)c3C2)CN1C(=O)[C@@H](CC(=O)OC(C)(C)C)[C@@H](C)OC(=C)/C=C/C)C(=O)NS(=O)(=O)C1CC1. The molecule has 3 amide bonds. The summed E-state index contributed by atoms with van der Waals surface area (Å²) in [6.45, 7) is 15.9. The number of likely N-dealkylation sites (tertiary alicyclic amines) is 1. The standard InChI is InChI=1S/C39H50FN3O10S/c1-8-11-23(3)51-24(4)29(17-34(45)53-38(5,6)7)35(46)43-21-27(52-37(48)42-20-25-12-10-13-31(40)30(25)22-42)16-32(43)33(44)19-39(18-26(39)9-2)36(47)41-54(49,50)28-14-15-28/h8-13,24,26-29,32H,2-3,14-22H2,1,4-7H3,(H,41,47)/b11-8+/t24-,26-,27?,29+,32+,39-/m1/s1. The van der Waals surface area contributed by atoms with Crippen molar-refractivity contribution in [1.82, 2.24) is 14.5 Å². The molecule has 0 aromatic heterocycles. The number of halogens is 1. The van der Waals surface area contributed by atoms with Crippen LogP contribution in [0.3, 0.4) is 0 Å². The summed E-state index contributed by atoms with van der Waals surface area (Å²) in [5.74, 6) is -4.57. The Kier molecular flexibility index (Phi) is 11.8. The van der Waals surface area contributed by atoms with Gasteiger partial charge in [-0.15, -0.1) is 6.58 Å². The van der Waals surface area contributed by atoms with Crippen molar-refractivity contribution in [3.05, 3.63) is 72.3 Å². The van der Waals surface area contributed by atoms with Gasteiger partial charge < -0.3 is 19.1 Å². The maximum Gasteiger partial charge on any atom is 0.410 e. The monoisotopic (exact) mass is 771 g/mol. The number of amides is 3. The molecule has 0 spiro atoms. The molecule has 2 aliphatic carbocycles. The third-order valence-electron chi connectivity index (χ3n) is 10.3. The van der Waals surface area contributed by atoms with E-state index in [0.29, 0.717) is 24.0 Å². The topological polar surface area (TPSA) is 166 Å². The van der Waals surface area contributed by atoms with E-state index in [4.69, 9.17) is 14.2 Å². The second-order valence-electron chi connectivity index (χ2n) is 15.7. The van der Waals surface area contributed by atoms with E-state index in [0.717, 1.165) is 0 Å². The van der Waals surface area contributed by atoms with Crippen molar-refractivity contribution in [3.8, 4) is 0 Å². The van der Waals surface area contributed by atoms with E-state index < -0.39 is 105 Å². The number of ether oxygens (including phenoxy) is 3. The molecule has 4 aliphatic rings. The highest BCUT2D eigenvalue weighted by Crippen LogP contribution is 2.57. The molecular formula is C39H50FN3O10S. The number of nitrogens with one attached hydrogen (secondary N) is 1. The molecular weight excluding hydrogens is 722 g/mol. The molecule has 0 radical (unpaired) electrons. The van der Waals surface area contributed by atoms with Gasteiger partial charge in [0.1, 0.15) is 29.4 Å². The number of nitrogens with zero attached hydrogens (tertiary/aromatic N) is 2. The number of esters is 1. The summed E-state index contributed by atoms with van der Waals surface area (Å²) in [7, 11) is -3.92. The second kappa shape index (κ2) is 15.7. The second-order valence-corrected chi connectivity index (χ2v) is 17.6. The lowest BCUT2D eigenvalue weighted by Gasteiger charge is -2.32. The Labute approximate surface area is 316 Å². The van der Waals surface area contributed by atoms with E-state index in [-0.39, 0.29) is 38.2 Å². The van der Waals surface area contributed by atoms with Crippen LogP contribution >= 0.6 is 0 Å². The molecule has 13 nitrogen and oxygen atoms in total. The zero-order valence-electron chi connectivity index (χ0n) is 31.5. The van der Waals surface area contributed by atoms with Crippen molar-refractivity contribution in [2.75, 3.05) is 6.54 Å². The number of fused-ring (bicyclic) bond motifs is 1. The van der Waals surface area contributed by atoms with Gasteiger partial charge in [-0.2, -0.15) is 0 Å². The first-order valence-corrected chi connectivity index (χ1v) is 19.8. The molecule has 1 saturated heterocycles. The lowest BCUT2D eigenvalue weighted by molar-refractivity contribution is -0.161.